The van der Waals surface area contributed by atoms with E-state index in [9.17, 15) is 0 Å². The van der Waals surface area contributed by atoms with Crippen molar-refractivity contribution in [2.45, 2.75) is 51.7 Å². The van der Waals surface area contributed by atoms with Crippen LogP contribution in [-0.2, 0) is 6.54 Å². The molecule has 2 atom stereocenters. The van der Waals surface area contributed by atoms with Gasteiger partial charge in [0.15, 0.2) is 0 Å². The number of hydrogen-bond acceptors (Lipinski definition) is 5. The molecule has 2 saturated heterocycles. The van der Waals surface area contributed by atoms with Crippen LogP contribution in [0.4, 0.5) is 5.82 Å². The minimum atomic E-state index is 0.610. The van der Waals surface area contributed by atoms with Crippen LogP contribution in [0.3, 0.4) is 0 Å². The fourth-order valence-electron chi connectivity index (χ4n) is 3.46. The van der Waals surface area contributed by atoms with Gasteiger partial charge in [0, 0.05) is 38.3 Å². The highest BCUT2D eigenvalue weighted by atomic mass is 15.3. The molecule has 2 fully saturated rings. The summed E-state index contributed by atoms with van der Waals surface area (Å²) >= 11 is 0. The second-order valence-corrected chi connectivity index (χ2v) is 6.39. The van der Waals surface area contributed by atoms with Gasteiger partial charge < -0.3 is 5.32 Å². The first-order valence-corrected chi connectivity index (χ1v) is 8.29. The van der Waals surface area contributed by atoms with Crippen LogP contribution < -0.4 is 5.32 Å². The summed E-state index contributed by atoms with van der Waals surface area (Å²) in [5.41, 5.74) is 1.08. The lowest BCUT2D eigenvalue weighted by Gasteiger charge is -2.42. The number of nitrogens with zero attached hydrogens (tertiary/aromatic N) is 4. The molecule has 1 N–H and O–H groups in total. The van der Waals surface area contributed by atoms with E-state index in [1.807, 2.05) is 12.4 Å². The summed E-state index contributed by atoms with van der Waals surface area (Å²) in [6, 6.07) is 1.37. The minimum Gasteiger partial charge on any atom is -0.369 e. The summed E-state index contributed by atoms with van der Waals surface area (Å²) in [5, 5.41) is 3.27. The van der Waals surface area contributed by atoms with Gasteiger partial charge in [-0.05, 0) is 32.7 Å². The number of fused-ring (bicyclic) bond motifs is 1. The number of hydrogen-bond donors (Lipinski definition) is 1. The zero-order valence-corrected chi connectivity index (χ0v) is 13.3. The van der Waals surface area contributed by atoms with Crippen LogP contribution in [0.2, 0.25) is 0 Å². The van der Waals surface area contributed by atoms with E-state index in [4.69, 9.17) is 0 Å². The van der Waals surface area contributed by atoms with E-state index in [1.54, 1.807) is 0 Å². The van der Waals surface area contributed by atoms with Gasteiger partial charge in [-0.3, -0.25) is 14.8 Å². The first-order valence-electron chi connectivity index (χ1n) is 8.29. The molecule has 1 aromatic heterocycles. The summed E-state index contributed by atoms with van der Waals surface area (Å²) in [7, 11) is 0. The zero-order valence-electron chi connectivity index (χ0n) is 13.3. The van der Waals surface area contributed by atoms with Crippen molar-refractivity contribution in [2.24, 2.45) is 0 Å². The van der Waals surface area contributed by atoms with Gasteiger partial charge in [0.1, 0.15) is 5.82 Å². The molecule has 2 aliphatic rings. The summed E-state index contributed by atoms with van der Waals surface area (Å²) < 4.78 is 0. The molecule has 0 radical (unpaired) electrons. The molecule has 0 saturated carbocycles. The third kappa shape index (κ3) is 3.52. The van der Waals surface area contributed by atoms with E-state index in [0.717, 1.165) is 37.1 Å². The number of anilines is 1. The van der Waals surface area contributed by atoms with Gasteiger partial charge >= 0.3 is 0 Å². The molecule has 0 aromatic carbocycles. The van der Waals surface area contributed by atoms with Gasteiger partial charge in [0.05, 0.1) is 18.1 Å². The zero-order chi connectivity index (χ0) is 14.7. The lowest BCUT2D eigenvalue weighted by molar-refractivity contribution is 0.0531. The van der Waals surface area contributed by atoms with Crippen LogP contribution in [0.1, 0.15) is 38.8 Å². The van der Waals surface area contributed by atoms with Crippen LogP contribution in [0.5, 0.6) is 0 Å². The molecule has 3 rings (SSSR count). The highest BCUT2D eigenvalue weighted by Gasteiger charge is 2.34. The van der Waals surface area contributed by atoms with Gasteiger partial charge in [-0.1, -0.05) is 6.92 Å². The second kappa shape index (κ2) is 6.71. The van der Waals surface area contributed by atoms with E-state index < -0.39 is 0 Å². The monoisotopic (exact) mass is 289 g/mol. The van der Waals surface area contributed by atoms with Crippen LogP contribution in [-0.4, -0.2) is 58.0 Å². The fraction of sp³-hybridized carbons (Fsp3) is 0.750. The lowest BCUT2D eigenvalue weighted by Crippen LogP contribution is -2.54. The molecule has 1 aromatic rings. The molecule has 0 amide bonds. The Morgan fingerprint density at radius 3 is 2.95 bits per heavy atom. The smallest absolute Gasteiger partial charge is 0.144 e. The standard InChI is InChI=1S/C16H27N5/c1-3-6-17-16-9-18-14(8-19-16)11-21-12-15-5-4-7-20(15)10-13(21)2/h8-9,13,15H,3-7,10-12H2,1-2H3,(H,17,19). The van der Waals surface area contributed by atoms with E-state index >= 15 is 0 Å². The highest BCUT2D eigenvalue weighted by Crippen LogP contribution is 2.25. The Morgan fingerprint density at radius 2 is 2.19 bits per heavy atom. The lowest BCUT2D eigenvalue weighted by atomic mass is 10.1. The summed E-state index contributed by atoms with van der Waals surface area (Å²) in [4.78, 5) is 14.3. The maximum Gasteiger partial charge on any atom is 0.144 e. The fourth-order valence-corrected chi connectivity index (χ4v) is 3.46. The van der Waals surface area contributed by atoms with Crippen molar-refractivity contribution < 1.29 is 0 Å². The van der Waals surface area contributed by atoms with Crippen LogP contribution >= 0.6 is 0 Å². The Labute approximate surface area is 127 Å². The molecule has 2 aliphatic heterocycles. The largest absolute Gasteiger partial charge is 0.369 e. The van der Waals surface area contributed by atoms with Gasteiger partial charge in [-0.25, -0.2) is 4.98 Å². The Morgan fingerprint density at radius 1 is 1.29 bits per heavy atom. The molecule has 21 heavy (non-hydrogen) atoms. The SMILES string of the molecule is CCCNc1cnc(CN2CC3CCCN3CC2C)cn1. The summed E-state index contributed by atoms with van der Waals surface area (Å²) in [5.74, 6) is 0.884. The first-order chi connectivity index (χ1) is 10.3. The van der Waals surface area contributed by atoms with Crippen molar-refractivity contribution in [3.8, 4) is 0 Å². The van der Waals surface area contributed by atoms with Crippen molar-refractivity contribution in [1.82, 2.24) is 19.8 Å². The number of piperazine rings is 1. The first kappa shape index (κ1) is 14.7. The Balaban J connectivity index is 1.58. The number of rotatable bonds is 5. The predicted octanol–water partition coefficient (Wildman–Crippen LogP) is 1.97. The Hall–Kier alpha value is -1.20. The molecule has 0 spiro atoms. The van der Waals surface area contributed by atoms with E-state index in [0.29, 0.717) is 6.04 Å². The predicted molar refractivity (Wildman–Crippen MR) is 85.3 cm³/mol. The average Bonchev–Trinajstić information content (AvgIpc) is 2.94. The van der Waals surface area contributed by atoms with Crippen LogP contribution in [0.15, 0.2) is 12.4 Å². The van der Waals surface area contributed by atoms with Crippen molar-refractivity contribution in [2.75, 3.05) is 31.5 Å². The molecule has 116 valence electrons. The average molecular weight is 289 g/mol. The molecule has 0 aliphatic carbocycles. The third-order valence-corrected chi connectivity index (χ3v) is 4.69. The quantitative estimate of drug-likeness (QED) is 0.898. The number of nitrogens with one attached hydrogen (secondary N) is 1. The maximum absolute atomic E-state index is 4.57. The summed E-state index contributed by atoms with van der Waals surface area (Å²) in [6.45, 7) is 10.0. The molecule has 5 nitrogen and oxygen atoms in total. The summed E-state index contributed by atoms with van der Waals surface area (Å²) in [6.07, 6.45) is 7.61. The molecular weight excluding hydrogens is 262 g/mol. The van der Waals surface area contributed by atoms with E-state index in [1.165, 1.54) is 32.5 Å². The van der Waals surface area contributed by atoms with Gasteiger partial charge in [0.2, 0.25) is 0 Å². The van der Waals surface area contributed by atoms with E-state index in [2.05, 4.69) is 38.9 Å². The molecule has 5 heteroatoms. The Kier molecular flexibility index (Phi) is 4.70. The topological polar surface area (TPSA) is 44.3 Å². The highest BCUT2D eigenvalue weighted by molar-refractivity contribution is 5.30. The molecular formula is C16H27N5. The second-order valence-electron chi connectivity index (χ2n) is 6.39. The van der Waals surface area contributed by atoms with Crippen molar-refractivity contribution in [3.63, 3.8) is 0 Å². The van der Waals surface area contributed by atoms with Crippen molar-refractivity contribution >= 4 is 5.82 Å². The Bertz CT molecular complexity index is 446. The maximum atomic E-state index is 4.57. The van der Waals surface area contributed by atoms with Crippen LogP contribution in [0.25, 0.3) is 0 Å². The van der Waals surface area contributed by atoms with Gasteiger partial charge in [-0.15, -0.1) is 0 Å². The normalized spacial score (nSPS) is 26.8. The van der Waals surface area contributed by atoms with E-state index in [-0.39, 0.29) is 0 Å². The van der Waals surface area contributed by atoms with Gasteiger partial charge in [0.25, 0.3) is 0 Å². The van der Waals surface area contributed by atoms with Crippen molar-refractivity contribution in [3.05, 3.63) is 18.1 Å². The molecule has 2 unspecified atom stereocenters. The number of aromatic nitrogens is 2. The third-order valence-electron chi connectivity index (χ3n) is 4.69. The van der Waals surface area contributed by atoms with Crippen LogP contribution in [0, 0.1) is 0 Å². The van der Waals surface area contributed by atoms with Gasteiger partial charge in [-0.2, -0.15) is 0 Å². The minimum absolute atomic E-state index is 0.610. The molecule has 0 bridgehead atoms. The van der Waals surface area contributed by atoms with Crippen molar-refractivity contribution in [1.29, 1.82) is 0 Å². The molecule has 3 heterocycles.